The number of pyridine rings is 1. The first-order valence-corrected chi connectivity index (χ1v) is 7.10. The molecule has 3 heteroatoms. The van der Waals surface area contributed by atoms with Crippen LogP contribution in [-0.2, 0) is 13.1 Å². The summed E-state index contributed by atoms with van der Waals surface area (Å²) in [6, 6.07) is 15.2. The zero-order valence-electron chi connectivity index (χ0n) is 12.5. The third kappa shape index (κ3) is 3.81. The quantitative estimate of drug-likeness (QED) is 0.869. The van der Waals surface area contributed by atoms with E-state index in [2.05, 4.69) is 65.4 Å². The average Bonchev–Trinajstić information content (AvgIpc) is 2.48. The first-order valence-electron chi connectivity index (χ1n) is 7.10. The summed E-state index contributed by atoms with van der Waals surface area (Å²) >= 11 is 0. The predicted octanol–water partition coefficient (Wildman–Crippen LogP) is 3.53. The molecule has 0 aliphatic carbocycles. The van der Waals surface area contributed by atoms with Crippen LogP contribution < -0.4 is 5.32 Å². The Morgan fingerprint density at radius 2 is 1.80 bits per heavy atom. The van der Waals surface area contributed by atoms with Gasteiger partial charge in [-0.15, -0.1) is 0 Å². The van der Waals surface area contributed by atoms with Gasteiger partial charge in [0, 0.05) is 37.9 Å². The van der Waals surface area contributed by atoms with Gasteiger partial charge in [0.1, 0.15) is 5.82 Å². The largest absolute Gasteiger partial charge is 0.373 e. The Hall–Kier alpha value is -1.87. The van der Waals surface area contributed by atoms with E-state index in [-0.39, 0.29) is 0 Å². The van der Waals surface area contributed by atoms with Gasteiger partial charge in [0.25, 0.3) is 0 Å². The van der Waals surface area contributed by atoms with E-state index in [0.717, 1.165) is 18.9 Å². The summed E-state index contributed by atoms with van der Waals surface area (Å²) < 4.78 is 0. The standard InChI is InChI=1S/C17H23N3/c1-14(2)20(12-15-8-5-4-6-9-15)13-16-10-7-11-19-17(16)18-3/h4-11,14H,12-13H2,1-3H3,(H,18,19). The third-order valence-electron chi connectivity index (χ3n) is 3.46. The Morgan fingerprint density at radius 1 is 1.05 bits per heavy atom. The Balaban J connectivity index is 2.13. The summed E-state index contributed by atoms with van der Waals surface area (Å²) in [4.78, 5) is 6.83. The maximum atomic E-state index is 4.38. The lowest BCUT2D eigenvalue weighted by Crippen LogP contribution is -2.30. The molecule has 3 nitrogen and oxygen atoms in total. The summed E-state index contributed by atoms with van der Waals surface area (Å²) in [7, 11) is 1.92. The molecule has 2 aromatic rings. The van der Waals surface area contributed by atoms with E-state index < -0.39 is 0 Å². The van der Waals surface area contributed by atoms with Gasteiger partial charge in [-0.2, -0.15) is 0 Å². The van der Waals surface area contributed by atoms with Crippen molar-refractivity contribution in [3.05, 3.63) is 59.8 Å². The number of hydrogen-bond acceptors (Lipinski definition) is 3. The van der Waals surface area contributed by atoms with Gasteiger partial charge < -0.3 is 5.32 Å². The first-order chi connectivity index (χ1) is 9.70. The van der Waals surface area contributed by atoms with Crippen molar-refractivity contribution in [2.45, 2.75) is 33.0 Å². The molecule has 0 radical (unpaired) electrons. The monoisotopic (exact) mass is 269 g/mol. The molecule has 1 aromatic heterocycles. The summed E-state index contributed by atoms with van der Waals surface area (Å²) in [5.74, 6) is 0.964. The van der Waals surface area contributed by atoms with Crippen molar-refractivity contribution < 1.29 is 0 Å². The number of benzene rings is 1. The van der Waals surface area contributed by atoms with Gasteiger partial charge in [-0.25, -0.2) is 4.98 Å². The van der Waals surface area contributed by atoms with Crippen molar-refractivity contribution in [3.8, 4) is 0 Å². The van der Waals surface area contributed by atoms with E-state index in [1.807, 2.05) is 19.3 Å². The van der Waals surface area contributed by atoms with Crippen molar-refractivity contribution >= 4 is 5.82 Å². The molecule has 1 N–H and O–H groups in total. The van der Waals surface area contributed by atoms with E-state index in [1.165, 1.54) is 11.1 Å². The molecule has 0 fully saturated rings. The summed E-state index contributed by atoms with van der Waals surface area (Å²) in [6.07, 6.45) is 1.83. The van der Waals surface area contributed by atoms with Crippen LogP contribution in [0.5, 0.6) is 0 Å². The minimum Gasteiger partial charge on any atom is -0.373 e. The molecule has 0 spiro atoms. The maximum absolute atomic E-state index is 4.38. The van der Waals surface area contributed by atoms with Crippen molar-refractivity contribution in [1.29, 1.82) is 0 Å². The van der Waals surface area contributed by atoms with Gasteiger partial charge in [-0.05, 0) is 25.5 Å². The van der Waals surface area contributed by atoms with Crippen molar-refractivity contribution in [1.82, 2.24) is 9.88 Å². The number of aromatic nitrogens is 1. The molecular weight excluding hydrogens is 246 g/mol. The van der Waals surface area contributed by atoms with Gasteiger partial charge in [0.2, 0.25) is 0 Å². The van der Waals surface area contributed by atoms with Crippen LogP contribution in [0.1, 0.15) is 25.0 Å². The zero-order chi connectivity index (χ0) is 14.4. The average molecular weight is 269 g/mol. The molecule has 1 aromatic carbocycles. The number of nitrogens with one attached hydrogen (secondary N) is 1. The highest BCUT2D eigenvalue weighted by molar-refractivity contribution is 5.42. The van der Waals surface area contributed by atoms with E-state index in [0.29, 0.717) is 6.04 Å². The highest BCUT2D eigenvalue weighted by atomic mass is 15.1. The molecule has 20 heavy (non-hydrogen) atoms. The van der Waals surface area contributed by atoms with E-state index in [1.54, 1.807) is 0 Å². The van der Waals surface area contributed by atoms with Gasteiger partial charge in [-0.3, -0.25) is 4.90 Å². The molecule has 0 aliphatic rings. The normalized spacial score (nSPS) is 11.1. The van der Waals surface area contributed by atoms with Crippen LogP contribution in [-0.4, -0.2) is 23.0 Å². The van der Waals surface area contributed by atoms with Gasteiger partial charge in [0.05, 0.1) is 0 Å². The van der Waals surface area contributed by atoms with Crippen LogP contribution in [0.3, 0.4) is 0 Å². The molecule has 0 bridgehead atoms. The molecule has 106 valence electrons. The van der Waals surface area contributed by atoms with Crippen molar-refractivity contribution in [3.63, 3.8) is 0 Å². The maximum Gasteiger partial charge on any atom is 0.130 e. The fourth-order valence-electron chi connectivity index (χ4n) is 2.25. The number of anilines is 1. The molecule has 0 amide bonds. The number of rotatable bonds is 6. The number of nitrogens with zero attached hydrogens (tertiary/aromatic N) is 2. The second-order valence-corrected chi connectivity index (χ2v) is 5.25. The van der Waals surface area contributed by atoms with Crippen LogP contribution in [0.2, 0.25) is 0 Å². The molecule has 0 saturated heterocycles. The topological polar surface area (TPSA) is 28.2 Å². The van der Waals surface area contributed by atoms with E-state index >= 15 is 0 Å². The van der Waals surface area contributed by atoms with Crippen LogP contribution in [0.4, 0.5) is 5.82 Å². The van der Waals surface area contributed by atoms with Crippen LogP contribution in [0, 0.1) is 0 Å². The first kappa shape index (κ1) is 14.5. The minimum absolute atomic E-state index is 0.486. The molecule has 2 rings (SSSR count). The van der Waals surface area contributed by atoms with Crippen LogP contribution >= 0.6 is 0 Å². The van der Waals surface area contributed by atoms with E-state index in [4.69, 9.17) is 0 Å². The van der Waals surface area contributed by atoms with Crippen molar-refractivity contribution in [2.75, 3.05) is 12.4 Å². The third-order valence-corrected chi connectivity index (χ3v) is 3.46. The highest BCUT2D eigenvalue weighted by Gasteiger charge is 2.13. The van der Waals surface area contributed by atoms with E-state index in [9.17, 15) is 0 Å². The fourth-order valence-corrected chi connectivity index (χ4v) is 2.25. The van der Waals surface area contributed by atoms with Gasteiger partial charge >= 0.3 is 0 Å². The summed E-state index contributed by atoms with van der Waals surface area (Å²) in [6.45, 7) is 6.32. The Bertz CT molecular complexity index is 523. The Labute approximate surface area is 121 Å². The van der Waals surface area contributed by atoms with Gasteiger partial charge in [-0.1, -0.05) is 36.4 Å². The molecule has 0 aliphatic heterocycles. The molecule has 1 heterocycles. The lowest BCUT2D eigenvalue weighted by Gasteiger charge is -2.27. The minimum atomic E-state index is 0.486. The zero-order valence-corrected chi connectivity index (χ0v) is 12.5. The van der Waals surface area contributed by atoms with Crippen LogP contribution in [0.15, 0.2) is 48.7 Å². The van der Waals surface area contributed by atoms with Crippen molar-refractivity contribution in [2.24, 2.45) is 0 Å². The summed E-state index contributed by atoms with van der Waals surface area (Å²) in [5.41, 5.74) is 2.58. The second-order valence-electron chi connectivity index (χ2n) is 5.25. The second kappa shape index (κ2) is 7.06. The Morgan fingerprint density at radius 3 is 2.45 bits per heavy atom. The number of hydrogen-bond donors (Lipinski definition) is 1. The fraction of sp³-hybridized carbons (Fsp3) is 0.353. The molecule has 0 unspecified atom stereocenters. The lowest BCUT2D eigenvalue weighted by molar-refractivity contribution is 0.204. The molecule has 0 atom stereocenters. The molecule has 0 saturated carbocycles. The lowest BCUT2D eigenvalue weighted by atomic mass is 10.1. The molecular formula is C17H23N3. The smallest absolute Gasteiger partial charge is 0.130 e. The summed E-state index contributed by atoms with van der Waals surface area (Å²) in [5, 5.41) is 3.17. The predicted molar refractivity (Wildman–Crippen MR) is 84.6 cm³/mol. The Kier molecular flexibility index (Phi) is 5.13. The van der Waals surface area contributed by atoms with Gasteiger partial charge in [0.15, 0.2) is 0 Å². The van der Waals surface area contributed by atoms with Crippen LogP contribution in [0.25, 0.3) is 0 Å². The SMILES string of the molecule is CNc1ncccc1CN(Cc1ccccc1)C(C)C. The highest BCUT2D eigenvalue weighted by Crippen LogP contribution is 2.17.